The average molecular weight is 185 g/mol. The van der Waals surface area contributed by atoms with Crippen molar-refractivity contribution in [1.82, 2.24) is 4.90 Å². The summed E-state index contributed by atoms with van der Waals surface area (Å²) in [4.78, 5) is 2.45. The Morgan fingerprint density at radius 2 is 1.69 bits per heavy atom. The summed E-state index contributed by atoms with van der Waals surface area (Å²) in [5, 5.41) is 0. The maximum absolute atomic E-state index is 2.45. The predicted molar refractivity (Wildman–Crippen MR) is 61.1 cm³/mol. The number of rotatable bonds is 7. The zero-order valence-electron chi connectivity index (χ0n) is 10.2. The van der Waals surface area contributed by atoms with Gasteiger partial charge in [-0.2, -0.15) is 0 Å². The molecule has 0 unspecified atom stereocenters. The van der Waals surface area contributed by atoms with Crippen molar-refractivity contribution in [1.29, 1.82) is 0 Å². The van der Waals surface area contributed by atoms with Gasteiger partial charge in [0.05, 0.1) is 0 Å². The largest absolute Gasteiger partial charge is 0.306 e. The standard InChI is InChI=1S/C12H27N/c1-6-8-9-12(3,4)11-13(5)10-7-2/h6-11H2,1-5H3. The van der Waals surface area contributed by atoms with Crippen LogP contribution in [-0.4, -0.2) is 25.0 Å². The lowest BCUT2D eigenvalue weighted by molar-refractivity contribution is 0.194. The van der Waals surface area contributed by atoms with Gasteiger partial charge in [-0.1, -0.05) is 40.5 Å². The molecule has 0 bridgehead atoms. The van der Waals surface area contributed by atoms with Crippen LogP contribution in [0.2, 0.25) is 0 Å². The van der Waals surface area contributed by atoms with Crippen molar-refractivity contribution < 1.29 is 0 Å². The first kappa shape index (κ1) is 13.0. The molecule has 0 aromatic rings. The van der Waals surface area contributed by atoms with Gasteiger partial charge < -0.3 is 4.90 Å². The zero-order chi connectivity index (χ0) is 10.3. The third-order valence-corrected chi connectivity index (χ3v) is 2.51. The Morgan fingerprint density at radius 3 is 2.15 bits per heavy atom. The molecule has 0 saturated heterocycles. The normalized spacial score (nSPS) is 12.5. The molecule has 0 amide bonds. The summed E-state index contributed by atoms with van der Waals surface area (Å²) in [5.41, 5.74) is 0.500. The molecule has 0 atom stereocenters. The molecule has 0 N–H and O–H groups in total. The molecular weight excluding hydrogens is 158 g/mol. The van der Waals surface area contributed by atoms with E-state index in [0.717, 1.165) is 0 Å². The quantitative estimate of drug-likeness (QED) is 0.586. The molecular formula is C12H27N. The third kappa shape index (κ3) is 7.06. The Morgan fingerprint density at radius 1 is 1.08 bits per heavy atom. The van der Waals surface area contributed by atoms with Gasteiger partial charge >= 0.3 is 0 Å². The van der Waals surface area contributed by atoms with Crippen molar-refractivity contribution in [2.24, 2.45) is 5.41 Å². The molecule has 80 valence electrons. The highest BCUT2D eigenvalue weighted by atomic mass is 15.1. The van der Waals surface area contributed by atoms with Gasteiger partial charge in [0.1, 0.15) is 0 Å². The fourth-order valence-corrected chi connectivity index (χ4v) is 1.93. The van der Waals surface area contributed by atoms with Gasteiger partial charge in [-0.3, -0.25) is 0 Å². The van der Waals surface area contributed by atoms with E-state index in [9.17, 15) is 0 Å². The Hall–Kier alpha value is -0.0400. The second kappa shape index (κ2) is 6.42. The number of nitrogens with zero attached hydrogens (tertiary/aromatic N) is 1. The first-order valence-corrected chi connectivity index (χ1v) is 5.70. The second-order valence-corrected chi connectivity index (χ2v) is 5.01. The zero-order valence-corrected chi connectivity index (χ0v) is 10.2. The minimum atomic E-state index is 0.500. The van der Waals surface area contributed by atoms with Crippen LogP contribution in [0.3, 0.4) is 0 Å². The highest BCUT2D eigenvalue weighted by Gasteiger charge is 2.18. The van der Waals surface area contributed by atoms with Gasteiger partial charge in [0, 0.05) is 6.54 Å². The van der Waals surface area contributed by atoms with E-state index in [1.165, 1.54) is 38.8 Å². The van der Waals surface area contributed by atoms with Crippen LogP contribution >= 0.6 is 0 Å². The third-order valence-electron chi connectivity index (χ3n) is 2.51. The number of unbranched alkanes of at least 4 members (excludes halogenated alkanes) is 1. The summed E-state index contributed by atoms with van der Waals surface area (Å²) < 4.78 is 0. The van der Waals surface area contributed by atoms with E-state index in [0.29, 0.717) is 5.41 Å². The van der Waals surface area contributed by atoms with Crippen LogP contribution in [0.1, 0.15) is 53.4 Å². The van der Waals surface area contributed by atoms with E-state index >= 15 is 0 Å². The predicted octanol–water partition coefficient (Wildman–Crippen LogP) is 3.54. The summed E-state index contributed by atoms with van der Waals surface area (Å²) in [5.74, 6) is 0. The molecule has 0 radical (unpaired) electrons. The van der Waals surface area contributed by atoms with E-state index in [2.05, 4.69) is 39.6 Å². The summed E-state index contributed by atoms with van der Waals surface area (Å²) >= 11 is 0. The van der Waals surface area contributed by atoms with Gasteiger partial charge in [-0.05, 0) is 31.8 Å². The molecule has 1 heteroatoms. The Balaban J connectivity index is 3.71. The van der Waals surface area contributed by atoms with Gasteiger partial charge in [-0.25, -0.2) is 0 Å². The number of hydrogen-bond donors (Lipinski definition) is 0. The van der Waals surface area contributed by atoms with E-state index < -0.39 is 0 Å². The van der Waals surface area contributed by atoms with Gasteiger partial charge in [-0.15, -0.1) is 0 Å². The van der Waals surface area contributed by atoms with Crippen LogP contribution in [0.15, 0.2) is 0 Å². The molecule has 0 aliphatic heterocycles. The SMILES string of the molecule is CCCCC(C)(C)CN(C)CCC. The smallest absolute Gasteiger partial charge is 0.00296 e. The summed E-state index contributed by atoms with van der Waals surface area (Å²) in [6.45, 7) is 11.8. The first-order chi connectivity index (χ1) is 6.02. The molecule has 0 heterocycles. The molecule has 0 saturated carbocycles. The summed E-state index contributed by atoms with van der Waals surface area (Å²) in [7, 11) is 2.23. The molecule has 0 aromatic carbocycles. The average Bonchev–Trinajstić information content (AvgIpc) is 2.00. The topological polar surface area (TPSA) is 3.24 Å². The fraction of sp³-hybridized carbons (Fsp3) is 1.00. The lowest BCUT2D eigenvalue weighted by Gasteiger charge is -2.30. The van der Waals surface area contributed by atoms with Crippen molar-refractivity contribution >= 4 is 0 Å². The van der Waals surface area contributed by atoms with E-state index in [-0.39, 0.29) is 0 Å². The van der Waals surface area contributed by atoms with Crippen molar-refractivity contribution in [3.63, 3.8) is 0 Å². The molecule has 0 fully saturated rings. The van der Waals surface area contributed by atoms with Crippen LogP contribution in [0, 0.1) is 5.41 Å². The van der Waals surface area contributed by atoms with E-state index in [1.54, 1.807) is 0 Å². The number of hydrogen-bond acceptors (Lipinski definition) is 1. The molecule has 0 spiro atoms. The Labute approximate surface area is 84.5 Å². The molecule has 1 nitrogen and oxygen atoms in total. The van der Waals surface area contributed by atoms with Gasteiger partial charge in [0.15, 0.2) is 0 Å². The highest BCUT2D eigenvalue weighted by Crippen LogP contribution is 2.23. The molecule has 0 aliphatic rings. The first-order valence-electron chi connectivity index (χ1n) is 5.70. The maximum Gasteiger partial charge on any atom is 0.00296 e. The second-order valence-electron chi connectivity index (χ2n) is 5.01. The van der Waals surface area contributed by atoms with E-state index in [1.807, 2.05) is 0 Å². The minimum absolute atomic E-state index is 0.500. The molecule has 0 aromatic heterocycles. The Kier molecular flexibility index (Phi) is 6.40. The van der Waals surface area contributed by atoms with Crippen LogP contribution < -0.4 is 0 Å². The van der Waals surface area contributed by atoms with Crippen molar-refractivity contribution in [2.75, 3.05) is 20.1 Å². The van der Waals surface area contributed by atoms with Crippen LogP contribution in [0.25, 0.3) is 0 Å². The van der Waals surface area contributed by atoms with Gasteiger partial charge in [0.2, 0.25) is 0 Å². The molecule has 0 aliphatic carbocycles. The molecule has 0 rings (SSSR count). The molecule has 13 heavy (non-hydrogen) atoms. The van der Waals surface area contributed by atoms with Crippen molar-refractivity contribution in [3.8, 4) is 0 Å². The monoisotopic (exact) mass is 185 g/mol. The minimum Gasteiger partial charge on any atom is -0.306 e. The Bertz CT molecular complexity index is 118. The lowest BCUT2D eigenvalue weighted by atomic mass is 9.87. The maximum atomic E-state index is 2.45. The van der Waals surface area contributed by atoms with Crippen LogP contribution in [0.5, 0.6) is 0 Å². The van der Waals surface area contributed by atoms with Crippen LogP contribution in [0.4, 0.5) is 0 Å². The van der Waals surface area contributed by atoms with Crippen molar-refractivity contribution in [3.05, 3.63) is 0 Å². The lowest BCUT2D eigenvalue weighted by Crippen LogP contribution is -2.31. The van der Waals surface area contributed by atoms with Crippen LogP contribution in [-0.2, 0) is 0 Å². The highest BCUT2D eigenvalue weighted by molar-refractivity contribution is 4.72. The van der Waals surface area contributed by atoms with Gasteiger partial charge in [0.25, 0.3) is 0 Å². The summed E-state index contributed by atoms with van der Waals surface area (Å²) in [6.07, 6.45) is 5.31. The summed E-state index contributed by atoms with van der Waals surface area (Å²) in [6, 6.07) is 0. The van der Waals surface area contributed by atoms with Crippen molar-refractivity contribution in [2.45, 2.75) is 53.4 Å². The fourth-order valence-electron chi connectivity index (χ4n) is 1.93. The van der Waals surface area contributed by atoms with E-state index in [4.69, 9.17) is 0 Å².